The third-order valence-corrected chi connectivity index (χ3v) is 5.78. The number of thiophene rings is 1. The Morgan fingerprint density at radius 2 is 1.83 bits per heavy atom. The van der Waals surface area contributed by atoms with E-state index in [0.29, 0.717) is 10.2 Å². The van der Waals surface area contributed by atoms with E-state index in [-0.39, 0.29) is 17.9 Å². The second-order valence-electron chi connectivity index (χ2n) is 6.82. The first-order valence-corrected chi connectivity index (χ1v) is 10.3. The van der Waals surface area contributed by atoms with Crippen molar-refractivity contribution in [1.82, 2.24) is 14.6 Å². The van der Waals surface area contributed by atoms with Gasteiger partial charge >= 0.3 is 0 Å². The molecule has 0 fully saturated rings. The van der Waals surface area contributed by atoms with Crippen LogP contribution in [0.1, 0.15) is 5.56 Å². The normalized spacial score (nSPS) is 11.1. The van der Waals surface area contributed by atoms with E-state index in [2.05, 4.69) is 15.4 Å². The Morgan fingerprint density at radius 3 is 2.70 bits per heavy atom. The van der Waals surface area contributed by atoms with Crippen LogP contribution < -0.4 is 11.0 Å². The van der Waals surface area contributed by atoms with Gasteiger partial charge in [0.05, 0.1) is 17.3 Å². The molecular formula is C23H16N4O2S. The number of hydrogen-bond acceptors (Lipinski definition) is 5. The van der Waals surface area contributed by atoms with Gasteiger partial charge in [0.25, 0.3) is 5.56 Å². The smallest absolute Gasteiger partial charge is 0.273 e. The molecule has 0 aliphatic carbocycles. The summed E-state index contributed by atoms with van der Waals surface area (Å²) in [4.78, 5) is 35.1. The monoisotopic (exact) mass is 412 g/mol. The lowest BCUT2D eigenvalue weighted by Gasteiger charge is -2.09. The van der Waals surface area contributed by atoms with Gasteiger partial charge in [0.15, 0.2) is 0 Å². The van der Waals surface area contributed by atoms with Crippen LogP contribution in [0.4, 0.5) is 0 Å². The molecule has 0 unspecified atom stereocenters. The molecule has 5 rings (SSSR count). The van der Waals surface area contributed by atoms with Crippen molar-refractivity contribution in [3.63, 3.8) is 0 Å². The first kappa shape index (κ1) is 18.2. The third kappa shape index (κ3) is 3.25. The van der Waals surface area contributed by atoms with E-state index in [9.17, 15) is 9.59 Å². The van der Waals surface area contributed by atoms with Crippen molar-refractivity contribution in [3.8, 4) is 11.1 Å². The Balaban J connectivity index is 1.47. The number of aromatic nitrogens is 3. The van der Waals surface area contributed by atoms with Crippen LogP contribution in [0.25, 0.3) is 32.2 Å². The maximum absolute atomic E-state index is 13.1. The fourth-order valence-electron chi connectivity index (χ4n) is 3.50. The molecule has 0 bridgehead atoms. The Bertz CT molecular complexity index is 1440. The Labute approximate surface area is 175 Å². The van der Waals surface area contributed by atoms with Crippen LogP contribution in [-0.2, 0) is 11.2 Å². The quantitative estimate of drug-likeness (QED) is 0.484. The second-order valence-corrected chi connectivity index (χ2v) is 7.68. The number of nitrogens with one attached hydrogen (secondary N) is 1. The molecular weight excluding hydrogens is 396 g/mol. The van der Waals surface area contributed by atoms with Crippen molar-refractivity contribution >= 4 is 38.4 Å². The van der Waals surface area contributed by atoms with Crippen molar-refractivity contribution in [3.05, 3.63) is 94.5 Å². The molecule has 3 aromatic heterocycles. The van der Waals surface area contributed by atoms with Crippen LogP contribution in [-0.4, -0.2) is 20.6 Å². The maximum Gasteiger partial charge on any atom is 0.281 e. The van der Waals surface area contributed by atoms with Gasteiger partial charge in [-0.05, 0) is 17.2 Å². The molecule has 0 saturated heterocycles. The summed E-state index contributed by atoms with van der Waals surface area (Å²) in [6, 6.07) is 19.2. The summed E-state index contributed by atoms with van der Waals surface area (Å²) in [5, 5.41) is 3.39. The number of rotatable bonds is 4. The van der Waals surface area contributed by atoms with Gasteiger partial charge in [-0.2, -0.15) is 0 Å². The zero-order chi connectivity index (χ0) is 20.5. The highest BCUT2D eigenvalue weighted by atomic mass is 32.1. The van der Waals surface area contributed by atoms with Crippen molar-refractivity contribution in [2.24, 2.45) is 0 Å². The number of amides is 1. The lowest BCUT2D eigenvalue weighted by molar-refractivity contribution is -0.116. The molecule has 30 heavy (non-hydrogen) atoms. The summed E-state index contributed by atoms with van der Waals surface area (Å²) >= 11 is 1.41. The Kier molecular flexibility index (Phi) is 4.57. The van der Waals surface area contributed by atoms with Crippen molar-refractivity contribution in [2.75, 3.05) is 5.43 Å². The van der Waals surface area contributed by atoms with E-state index in [1.807, 2.05) is 66.0 Å². The van der Waals surface area contributed by atoms with Gasteiger partial charge in [0.1, 0.15) is 11.2 Å². The summed E-state index contributed by atoms with van der Waals surface area (Å²) < 4.78 is 1.16. The highest BCUT2D eigenvalue weighted by Gasteiger charge is 2.15. The number of nitrogens with zero attached hydrogens (tertiary/aromatic N) is 3. The van der Waals surface area contributed by atoms with E-state index in [1.54, 1.807) is 6.20 Å². The van der Waals surface area contributed by atoms with Crippen LogP contribution in [0.3, 0.4) is 0 Å². The lowest BCUT2D eigenvalue weighted by Crippen LogP contribution is -2.34. The number of fused-ring (bicyclic) bond motifs is 2. The molecule has 2 aromatic carbocycles. The fourth-order valence-corrected chi connectivity index (χ4v) is 4.41. The van der Waals surface area contributed by atoms with Crippen LogP contribution >= 0.6 is 11.3 Å². The molecule has 0 aliphatic heterocycles. The SMILES string of the molecule is O=C(Cc1cccc2cccnc12)Nn1cnc2scc(-c3ccccc3)c2c1=O. The summed E-state index contributed by atoms with van der Waals surface area (Å²) in [5.74, 6) is -0.312. The molecule has 1 N–H and O–H groups in total. The minimum atomic E-state index is -0.312. The summed E-state index contributed by atoms with van der Waals surface area (Å²) in [6.07, 6.45) is 3.16. The summed E-state index contributed by atoms with van der Waals surface area (Å²) in [7, 11) is 0. The zero-order valence-electron chi connectivity index (χ0n) is 15.8. The Morgan fingerprint density at radius 1 is 1.00 bits per heavy atom. The van der Waals surface area contributed by atoms with Gasteiger partial charge in [-0.25, -0.2) is 9.66 Å². The van der Waals surface area contributed by atoms with Crippen molar-refractivity contribution < 1.29 is 4.79 Å². The predicted octanol–water partition coefficient (Wildman–Crippen LogP) is 3.99. The molecule has 0 radical (unpaired) electrons. The number of carbonyl (C=O) groups is 1. The van der Waals surface area contributed by atoms with Crippen LogP contribution in [0.2, 0.25) is 0 Å². The first-order chi connectivity index (χ1) is 14.7. The number of pyridine rings is 1. The molecule has 6 nitrogen and oxygen atoms in total. The molecule has 5 aromatic rings. The van der Waals surface area contributed by atoms with Gasteiger partial charge in [-0.15, -0.1) is 11.3 Å². The molecule has 146 valence electrons. The largest absolute Gasteiger partial charge is 0.281 e. The highest BCUT2D eigenvalue weighted by Crippen LogP contribution is 2.30. The van der Waals surface area contributed by atoms with Crippen LogP contribution in [0.5, 0.6) is 0 Å². The van der Waals surface area contributed by atoms with Crippen molar-refractivity contribution in [2.45, 2.75) is 6.42 Å². The van der Waals surface area contributed by atoms with Gasteiger partial charge < -0.3 is 0 Å². The van der Waals surface area contributed by atoms with Gasteiger partial charge in [-0.3, -0.25) is 20.0 Å². The number of carbonyl (C=O) groups excluding carboxylic acids is 1. The van der Waals surface area contributed by atoms with Gasteiger partial charge in [0, 0.05) is 22.5 Å². The molecule has 1 amide bonds. The van der Waals surface area contributed by atoms with E-state index in [0.717, 1.165) is 32.3 Å². The molecule has 0 aliphatic rings. The summed E-state index contributed by atoms with van der Waals surface area (Å²) in [6.45, 7) is 0. The molecule has 0 atom stereocenters. The first-order valence-electron chi connectivity index (χ1n) is 9.37. The van der Waals surface area contributed by atoms with Gasteiger partial charge in [-0.1, -0.05) is 54.6 Å². The fraction of sp³-hybridized carbons (Fsp3) is 0.0435. The highest BCUT2D eigenvalue weighted by molar-refractivity contribution is 7.17. The van der Waals surface area contributed by atoms with E-state index >= 15 is 0 Å². The maximum atomic E-state index is 13.1. The predicted molar refractivity (Wildman–Crippen MR) is 119 cm³/mol. The number of hydrogen-bond donors (Lipinski definition) is 1. The van der Waals surface area contributed by atoms with Crippen molar-refractivity contribution in [1.29, 1.82) is 0 Å². The minimum Gasteiger partial charge on any atom is -0.273 e. The van der Waals surface area contributed by atoms with Gasteiger partial charge in [0.2, 0.25) is 5.91 Å². The molecule has 0 saturated carbocycles. The topological polar surface area (TPSA) is 76.9 Å². The zero-order valence-corrected chi connectivity index (χ0v) is 16.6. The average Bonchev–Trinajstić information content (AvgIpc) is 3.22. The minimum absolute atomic E-state index is 0.105. The van der Waals surface area contributed by atoms with E-state index in [4.69, 9.17) is 0 Å². The third-order valence-electron chi connectivity index (χ3n) is 4.89. The summed E-state index contributed by atoms with van der Waals surface area (Å²) in [5.41, 5.74) is 5.69. The number of benzene rings is 2. The lowest BCUT2D eigenvalue weighted by atomic mass is 10.1. The molecule has 3 heterocycles. The van der Waals surface area contributed by atoms with E-state index in [1.165, 1.54) is 17.7 Å². The number of para-hydroxylation sites is 1. The van der Waals surface area contributed by atoms with E-state index < -0.39 is 0 Å². The Hall–Kier alpha value is -3.84. The molecule has 7 heteroatoms. The standard InChI is InChI=1S/C23H16N4O2S/c28-19(12-17-9-4-8-16-10-5-11-24-21(16)17)26-27-14-25-22-20(23(27)29)18(13-30-22)15-6-2-1-3-7-15/h1-11,13-14H,12H2,(H,26,28). The van der Waals surface area contributed by atoms with Crippen LogP contribution in [0.15, 0.2) is 83.4 Å². The average molecular weight is 412 g/mol. The van der Waals surface area contributed by atoms with Crippen LogP contribution in [0, 0.1) is 0 Å². The molecule has 0 spiro atoms. The second kappa shape index (κ2) is 7.53.